The second kappa shape index (κ2) is 9.62. The van der Waals surface area contributed by atoms with Crippen molar-refractivity contribution in [2.75, 3.05) is 25.5 Å². The minimum absolute atomic E-state index is 0.182. The molecule has 1 saturated heterocycles. The van der Waals surface area contributed by atoms with E-state index in [9.17, 15) is 13.2 Å². The van der Waals surface area contributed by atoms with E-state index in [4.69, 9.17) is 4.74 Å². The van der Waals surface area contributed by atoms with Crippen LogP contribution in [0.4, 0.5) is 5.13 Å². The number of nitrogens with zero attached hydrogens (tertiary/aromatic N) is 2. The van der Waals surface area contributed by atoms with Gasteiger partial charge < -0.3 is 4.74 Å². The second-order valence-electron chi connectivity index (χ2n) is 8.14. The minimum Gasteiger partial charge on any atom is -0.496 e. The second-order valence-corrected chi connectivity index (χ2v) is 10.9. The summed E-state index contributed by atoms with van der Waals surface area (Å²) in [7, 11) is -2.03. The molecule has 9 heteroatoms. The Balaban J connectivity index is 1.57. The zero-order valence-electron chi connectivity index (χ0n) is 18.9. The van der Waals surface area contributed by atoms with Crippen molar-refractivity contribution in [1.82, 2.24) is 9.29 Å². The molecule has 0 radical (unpaired) electrons. The molecule has 0 saturated carbocycles. The van der Waals surface area contributed by atoms with Crippen LogP contribution in [-0.2, 0) is 10.0 Å². The lowest BCUT2D eigenvalue weighted by molar-refractivity contribution is 0.102. The summed E-state index contributed by atoms with van der Waals surface area (Å²) >= 11 is 1.30. The van der Waals surface area contributed by atoms with Crippen LogP contribution >= 0.6 is 11.3 Å². The van der Waals surface area contributed by atoms with E-state index in [2.05, 4.69) is 10.3 Å². The lowest BCUT2D eigenvalue weighted by Crippen LogP contribution is -2.36. The predicted molar refractivity (Wildman–Crippen MR) is 131 cm³/mol. The molecular weight excluding hydrogens is 458 g/mol. The first-order chi connectivity index (χ1) is 15.8. The SMILES string of the molecule is COc1ccc(C)cc1-c1csc(NC(=O)c2ccc(C)c(S(=O)(=O)N3CCCCC3)c2)n1. The van der Waals surface area contributed by atoms with E-state index >= 15 is 0 Å². The Morgan fingerprint density at radius 1 is 1.09 bits per heavy atom. The zero-order chi connectivity index (χ0) is 23.6. The molecule has 1 amide bonds. The average molecular weight is 486 g/mol. The van der Waals surface area contributed by atoms with Crippen LogP contribution in [0.2, 0.25) is 0 Å². The van der Waals surface area contributed by atoms with Crippen molar-refractivity contribution in [3.63, 3.8) is 0 Å². The van der Waals surface area contributed by atoms with Crippen LogP contribution < -0.4 is 10.1 Å². The predicted octanol–water partition coefficient (Wildman–Crippen LogP) is 4.86. The van der Waals surface area contributed by atoms with Crippen molar-refractivity contribution >= 4 is 32.4 Å². The third kappa shape index (κ3) is 4.95. The number of benzene rings is 2. The molecule has 2 aromatic carbocycles. The number of carbonyl (C=O) groups excluding carboxylic acids is 1. The highest BCUT2D eigenvalue weighted by atomic mass is 32.2. The highest BCUT2D eigenvalue weighted by molar-refractivity contribution is 7.89. The summed E-state index contributed by atoms with van der Waals surface area (Å²) in [6.07, 6.45) is 2.75. The first-order valence-corrected chi connectivity index (χ1v) is 13.1. The zero-order valence-corrected chi connectivity index (χ0v) is 20.6. The summed E-state index contributed by atoms with van der Waals surface area (Å²) in [6, 6.07) is 10.6. The Morgan fingerprint density at radius 2 is 1.85 bits per heavy atom. The van der Waals surface area contributed by atoms with Crippen LogP contribution in [0.25, 0.3) is 11.3 Å². The Hall–Kier alpha value is -2.75. The summed E-state index contributed by atoms with van der Waals surface area (Å²) in [6.45, 7) is 4.77. The van der Waals surface area contributed by atoms with Gasteiger partial charge in [-0.25, -0.2) is 13.4 Å². The molecular formula is C24H27N3O4S2. The molecule has 3 aromatic rings. The van der Waals surface area contributed by atoms with Gasteiger partial charge >= 0.3 is 0 Å². The normalized spacial score (nSPS) is 14.8. The minimum atomic E-state index is -3.64. The van der Waals surface area contributed by atoms with Crippen molar-refractivity contribution in [2.45, 2.75) is 38.0 Å². The number of aryl methyl sites for hydroxylation is 2. The average Bonchev–Trinajstić information content (AvgIpc) is 3.28. The van der Waals surface area contributed by atoms with Crippen LogP contribution in [0.5, 0.6) is 5.75 Å². The molecule has 174 valence electrons. The van der Waals surface area contributed by atoms with E-state index in [-0.39, 0.29) is 10.5 Å². The van der Waals surface area contributed by atoms with Gasteiger partial charge in [-0.2, -0.15) is 4.31 Å². The van der Waals surface area contributed by atoms with E-state index in [1.165, 1.54) is 21.7 Å². The molecule has 1 fully saturated rings. The highest BCUT2D eigenvalue weighted by Gasteiger charge is 2.28. The van der Waals surface area contributed by atoms with E-state index < -0.39 is 15.9 Å². The van der Waals surface area contributed by atoms with Crippen LogP contribution in [0.15, 0.2) is 46.7 Å². The fourth-order valence-corrected chi connectivity index (χ4v) is 6.38. The number of hydrogen-bond donors (Lipinski definition) is 1. The molecule has 4 rings (SSSR count). The number of carbonyl (C=O) groups is 1. The van der Waals surface area contributed by atoms with Crippen molar-refractivity contribution in [3.05, 3.63) is 58.5 Å². The number of anilines is 1. The van der Waals surface area contributed by atoms with Crippen molar-refractivity contribution in [2.24, 2.45) is 0 Å². The molecule has 0 spiro atoms. The fourth-order valence-electron chi connectivity index (χ4n) is 3.91. The highest BCUT2D eigenvalue weighted by Crippen LogP contribution is 2.33. The molecule has 1 aromatic heterocycles. The third-order valence-corrected chi connectivity index (χ3v) is 8.54. The van der Waals surface area contributed by atoms with E-state index in [1.54, 1.807) is 26.2 Å². The maximum absolute atomic E-state index is 13.2. The molecule has 0 atom stereocenters. The van der Waals surface area contributed by atoms with Crippen LogP contribution in [0.3, 0.4) is 0 Å². The maximum atomic E-state index is 13.2. The van der Waals surface area contributed by atoms with Crippen molar-refractivity contribution in [1.29, 1.82) is 0 Å². The summed E-state index contributed by atoms with van der Waals surface area (Å²) in [5, 5.41) is 5.08. The van der Waals surface area contributed by atoms with Gasteiger partial charge in [-0.15, -0.1) is 11.3 Å². The smallest absolute Gasteiger partial charge is 0.257 e. The Morgan fingerprint density at radius 3 is 2.58 bits per heavy atom. The summed E-state index contributed by atoms with van der Waals surface area (Å²) in [5.41, 5.74) is 3.53. The maximum Gasteiger partial charge on any atom is 0.257 e. The first kappa shape index (κ1) is 23.4. The summed E-state index contributed by atoms with van der Waals surface area (Å²) in [5.74, 6) is 0.303. The lowest BCUT2D eigenvalue weighted by Gasteiger charge is -2.26. The van der Waals surface area contributed by atoms with Gasteiger partial charge in [0.15, 0.2) is 5.13 Å². The van der Waals surface area contributed by atoms with Gasteiger partial charge in [0.2, 0.25) is 10.0 Å². The van der Waals surface area contributed by atoms with E-state index in [0.717, 1.165) is 30.4 Å². The molecule has 1 aliphatic rings. The van der Waals surface area contributed by atoms with Gasteiger partial charge in [-0.05, 0) is 56.5 Å². The number of hydrogen-bond acceptors (Lipinski definition) is 6. The lowest BCUT2D eigenvalue weighted by atomic mass is 10.1. The van der Waals surface area contributed by atoms with Gasteiger partial charge in [0.05, 0.1) is 17.7 Å². The summed E-state index contributed by atoms with van der Waals surface area (Å²) < 4.78 is 33.3. The fraction of sp³-hybridized carbons (Fsp3) is 0.333. The largest absolute Gasteiger partial charge is 0.496 e. The standard InChI is InChI=1S/C24H27N3O4S2/c1-16-7-10-21(31-3)19(13-16)20-15-32-24(25-20)26-23(28)18-9-8-17(2)22(14-18)33(29,30)27-11-5-4-6-12-27/h7-10,13-15H,4-6,11-12H2,1-3H3,(H,25,26,28). The van der Waals surface area contributed by atoms with Gasteiger partial charge in [0.25, 0.3) is 5.91 Å². The number of aromatic nitrogens is 1. The van der Waals surface area contributed by atoms with Crippen LogP contribution in [-0.4, -0.2) is 43.8 Å². The number of amides is 1. The van der Waals surface area contributed by atoms with Crippen LogP contribution in [0, 0.1) is 13.8 Å². The van der Waals surface area contributed by atoms with Crippen molar-refractivity contribution < 1.29 is 17.9 Å². The number of sulfonamides is 1. The molecule has 2 heterocycles. The molecule has 0 bridgehead atoms. The molecule has 1 aliphatic heterocycles. The Kier molecular flexibility index (Phi) is 6.83. The topological polar surface area (TPSA) is 88.6 Å². The van der Waals surface area contributed by atoms with Crippen molar-refractivity contribution in [3.8, 4) is 17.0 Å². The van der Waals surface area contributed by atoms with Crippen LogP contribution in [0.1, 0.15) is 40.7 Å². The molecule has 33 heavy (non-hydrogen) atoms. The van der Waals surface area contributed by atoms with Gasteiger partial charge in [0, 0.05) is 29.6 Å². The van der Waals surface area contributed by atoms with Gasteiger partial charge in [-0.1, -0.05) is 24.1 Å². The number of ether oxygens (including phenoxy) is 1. The van der Waals surface area contributed by atoms with E-state index in [0.29, 0.717) is 35.2 Å². The number of methoxy groups -OCH3 is 1. The molecule has 0 unspecified atom stereocenters. The molecule has 1 N–H and O–H groups in total. The quantitative estimate of drug-likeness (QED) is 0.539. The number of nitrogens with one attached hydrogen (secondary N) is 1. The van der Waals surface area contributed by atoms with Gasteiger partial charge in [-0.3, -0.25) is 10.1 Å². The Bertz CT molecular complexity index is 1280. The number of rotatable bonds is 6. The summed E-state index contributed by atoms with van der Waals surface area (Å²) in [4.78, 5) is 17.6. The first-order valence-electron chi connectivity index (χ1n) is 10.8. The monoisotopic (exact) mass is 485 g/mol. The number of piperidine rings is 1. The number of thiazole rings is 1. The molecule has 0 aliphatic carbocycles. The Labute approximate surface area is 198 Å². The van der Waals surface area contributed by atoms with Gasteiger partial charge in [0.1, 0.15) is 5.75 Å². The molecule has 7 nitrogen and oxygen atoms in total. The van der Waals surface area contributed by atoms with E-state index in [1.807, 2.05) is 30.5 Å². The third-order valence-electron chi connectivity index (χ3n) is 5.74.